The third-order valence-electron chi connectivity index (χ3n) is 4.07. The van der Waals surface area contributed by atoms with E-state index in [4.69, 9.17) is 9.84 Å². The summed E-state index contributed by atoms with van der Waals surface area (Å²) in [6.45, 7) is 3.74. The van der Waals surface area contributed by atoms with E-state index >= 15 is 0 Å². The van der Waals surface area contributed by atoms with E-state index in [1.54, 1.807) is 7.11 Å². The van der Waals surface area contributed by atoms with Gasteiger partial charge in [0.2, 0.25) is 0 Å². The summed E-state index contributed by atoms with van der Waals surface area (Å²) < 4.78 is 5.08. The van der Waals surface area contributed by atoms with Crippen LogP contribution >= 0.6 is 0 Å². The Kier molecular flexibility index (Phi) is 7.28. The summed E-state index contributed by atoms with van der Waals surface area (Å²) in [6, 6.07) is 0.424. The molecular weight excluding hydrogens is 230 g/mol. The number of methoxy groups -OCH3 is 1. The summed E-state index contributed by atoms with van der Waals surface area (Å²) in [7, 11) is 1.67. The first-order chi connectivity index (χ1) is 8.67. The largest absolute Gasteiger partial charge is 0.480 e. The van der Waals surface area contributed by atoms with Gasteiger partial charge in [-0.2, -0.15) is 0 Å². The topological polar surface area (TPSA) is 49.8 Å². The SMILES string of the molecule is CCC1CCCC(N(CCOC)CC(=O)O)CC1. The molecule has 0 aliphatic heterocycles. The van der Waals surface area contributed by atoms with Gasteiger partial charge < -0.3 is 9.84 Å². The minimum Gasteiger partial charge on any atom is -0.480 e. The molecule has 0 saturated heterocycles. The molecule has 1 fully saturated rings. The number of aliphatic carboxylic acids is 1. The zero-order valence-corrected chi connectivity index (χ0v) is 11.7. The maximum Gasteiger partial charge on any atom is 0.317 e. The predicted octanol–water partition coefficient (Wildman–Crippen LogP) is 2.38. The first-order valence-corrected chi connectivity index (χ1v) is 7.12. The molecule has 0 aromatic rings. The fraction of sp³-hybridized carbons (Fsp3) is 0.929. The summed E-state index contributed by atoms with van der Waals surface area (Å²) in [5, 5.41) is 9.00. The van der Waals surface area contributed by atoms with Gasteiger partial charge in [-0.15, -0.1) is 0 Å². The molecule has 2 unspecified atom stereocenters. The first kappa shape index (κ1) is 15.4. The van der Waals surface area contributed by atoms with Crippen molar-refractivity contribution < 1.29 is 14.6 Å². The van der Waals surface area contributed by atoms with E-state index in [-0.39, 0.29) is 6.54 Å². The van der Waals surface area contributed by atoms with E-state index < -0.39 is 5.97 Å². The lowest BCUT2D eigenvalue weighted by Crippen LogP contribution is -2.41. The van der Waals surface area contributed by atoms with Crippen LogP contribution in [0.4, 0.5) is 0 Å². The van der Waals surface area contributed by atoms with Gasteiger partial charge in [-0.25, -0.2) is 0 Å². The maximum absolute atomic E-state index is 10.9. The lowest BCUT2D eigenvalue weighted by atomic mass is 9.97. The van der Waals surface area contributed by atoms with Crippen molar-refractivity contribution in [2.75, 3.05) is 26.8 Å². The maximum atomic E-state index is 10.9. The van der Waals surface area contributed by atoms with Crippen molar-refractivity contribution in [3.05, 3.63) is 0 Å². The number of carboxylic acid groups (broad SMARTS) is 1. The van der Waals surface area contributed by atoms with Crippen molar-refractivity contribution in [2.24, 2.45) is 5.92 Å². The minimum absolute atomic E-state index is 0.144. The second kappa shape index (κ2) is 8.48. The van der Waals surface area contributed by atoms with Gasteiger partial charge in [-0.05, 0) is 25.2 Å². The standard InChI is InChI=1S/C14H27NO3/c1-3-12-5-4-6-13(8-7-12)15(9-10-18-2)11-14(16)17/h12-13H,3-11H2,1-2H3,(H,16,17). The molecule has 0 bridgehead atoms. The van der Waals surface area contributed by atoms with Gasteiger partial charge in [0.1, 0.15) is 0 Å². The van der Waals surface area contributed by atoms with Crippen LogP contribution in [-0.2, 0) is 9.53 Å². The molecule has 18 heavy (non-hydrogen) atoms. The van der Waals surface area contributed by atoms with Crippen molar-refractivity contribution in [2.45, 2.75) is 51.5 Å². The molecule has 1 rings (SSSR count). The summed E-state index contributed by atoms with van der Waals surface area (Å²) in [4.78, 5) is 13.0. The van der Waals surface area contributed by atoms with Crippen LogP contribution in [-0.4, -0.2) is 48.8 Å². The molecule has 1 aliphatic rings. The van der Waals surface area contributed by atoms with Gasteiger partial charge in [0.15, 0.2) is 0 Å². The fourth-order valence-electron chi connectivity index (χ4n) is 2.91. The summed E-state index contributed by atoms with van der Waals surface area (Å²) in [5.41, 5.74) is 0. The molecule has 0 aromatic heterocycles. The van der Waals surface area contributed by atoms with Gasteiger partial charge in [-0.1, -0.05) is 26.2 Å². The number of rotatable bonds is 7. The summed E-state index contributed by atoms with van der Waals surface area (Å²) in [6.07, 6.45) is 7.29. The van der Waals surface area contributed by atoms with Gasteiger partial charge in [-0.3, -0.25) is 9.69 Å². The van der Waals surface area contributed by atoms with Crippen molar-refractivity contribution in [3.8, 4) is 0 Å². The Labute approximate surface area is 110 Å². The van der Waals surface area contributed by atoms with E-state index in [9.17, 15) is 4.79 Å². The van der Waals surface area contributed by atoms with Crippen molar-refractivity contribution in [1.29, 1.82) is 0 Å². The van der Waals surface area contributed by atoms with Crippen LogP contribution in [0.3, 0.4) is 0 Å². The molecular formula is C14H27NO3. The van der Waals surface area contributed by atoms with Gasteiger partial charge >= 0.3 is 5.97 Å². The average Bonchev–Trinajstić information content (AvgIpc) is 2.59. The minimum atomic E-state index is -0.734. The van der Waals surface area contributed by atoms with Crippen LogP contribution in [0.2, 0.25) is 0 Å². The summed E-state index contributed by atoms with van der Waals surface area (Å²) in [5.74, 6) is 0.103. The molecule has 1 aliphatic carbocycles. The van der Waals surface area contributed by atoms with Crippen molar-refractivity contribution in [3.63, 3.8) is 0 Å². The number of hydrogen-bond acceptors (Lipinski definition) is 3. The molecule has 1 saturated carbocycles. The number of nitrogens with zero attached hydrogens (tertiary/aromatic N) is 1. The normalized spacial score (nSPS) is 25.1. The Morgan fingerprint density at radius 3 is 2.72 bits per heavy atom. The van der Waals surface area contributed by atoms with Crippen molar-refractivity contribution >= 4 is 5.97 Å². The van der Waals surface area contributed by atoms with Crippen LogP contribution in [0.25, 0.3) is 0 Å². The fourth-order valence-corrected chi connectivity index (χ4v) is 2.91. The Hall–Kier alpha value is -0.610. The highest BCUT2D eigenvalue weighted by atomic mass is 16.5. The predicted molar refractivity (Wildman–Crippen MR) is 71.7 cm³/mol. The van der Waals surface area contributed by atoms with Crippen molar-refractivity contribution in [1.82, 2.24) is 4.90 Å². The van der Waals surface area contributed by atoms with Crippen LogP contribution in [0.5, 0.6) is 0 Å². The third kappa shape index (κ3) is 5.36. The van der Waals surface area contributed by atoms with Crippen LogP contribution < -0.4 is 0 Å². The lowest BCUT2D eigenvalue weighted by Gasteiger charge is -2.29. The lowest BCUT2D eigenvalue weighted by molar-refractivity contribution is -0.139. The Morgan fingerprint density at radius 2 is 2.11 bits per heavy atom. The Balaban J connectivity index is 2.51. The number of ether oxygens (including phenoxy) is 1. The second-order valence-corrected chi connectivity index (χ2v) is 5.29. The highest BCUT2D eigenvalue weighted by Crippen LogP contribution is 2.28. The number of carbonyl (C=O) groups is 1. The molecule has 0 heterocycles. The third-order valence-corrected chi connectivity index (χ3v) is 4.07. The van der Waals surface area contributed by atoms with E-state index in [2.05, 4.69) is 11.8 Å². The zero-order chi connectivity index (χ0) is 13.4. The molecule has 0 radical (unpaired) electrons. The monoisotopic (exact) mass is 257 g/mol. The van der Waals surface area contributed by atoms with Gasteiger partial charge in [0, 0.05) is 19.7 Å². The van der Waals surface area contributed by atoms with Crippen LogP contribution in [0, 0.1) is 5.92 Å². The molecule has 1 N–H and O–H groups in total. The number of hydrogen-bond donors (Lipinski definition) is 1. The summed E-state index contributed by atoms with van der Waals surface area (Å²) >= 11 is 0. The zero-order valence-electron chi connectivity index (χ0n) is 11.7. The number of carboxylic acids is 1. The molecule has 2 atom stereocenters. The van der Waals surface area contributed by atoms with Crippen LogP contribution in [0.15, 0.2) is 0 Å². The second-order valence-electron chi connectivity index (χ2n) is 5.29. The Morgan fingerprint density at radius 1 is 1.33 bits per heavy atom. The van der Waals surface area contributed by atoms with Crippen LogP contribution in [0.1, 0.15) is 45.4 Å². The highest BCUT2D eigenvalue weighted by molar-refractivity contribution is 5.69. The van der Waals surface area contributed by atoms with E-state index in [1.165, 1.54) is 25.7 Å². The van der Waals surface area contributed by atoms with E-state index in [0.29, 0.717) is 12.6 Å². The molecule has 0 aromatic carbocycles. The molecule has 106 valence electrons. The molecule has 4 nitrogen and oxygen atoms in total. The smallest absolute Gasteiger partial charge is 0.317 e. The molecule has 0 spiro atoms. The van der Waals surface area contributed by atoms with Gasteiger partial charge in [0.05, 0.1) is 13.2 Å². The van der Waals surface area contributed by atoms with E-state index in [1.807, 2.05) is 0 Å². The highest BCUT2D eigenvalue weighted by Gasteiger charge is 2.24. The van der Waals surface area contributed by atoms with E-state index in [0.717, 1.165) is 25.3 Å². The van der Waals surface area contributed by atoms with Gasteiger partial charge in [0.25, 0.3) is 0 Å². The quantitative estimate of drug-likeness (QED) is 0.711. The average molecular weight is 257 g/mol. The first-order valence-electron chi connectivity index (χ1n) is 7.12. The molecule has 4 heteroatoms. The Bertz CT molecular complexity index is 245. The molecule has 0 amide bonds.